The molecular formula is C21H17F2N5O. The second kappa shape index (κ2) is 7.48. The van der Waals surface area contributed by atoms with Gasteiger partial charge in [0.15, 0.2) is 5.60 Å². The standard InChI is InChI=1S/C21H17F2N5O/c22-21(23,19-12-11-17(13-24-19)16-7-3-1-4-8-16)20(29,14-28-15-25-26-27-28)18-9-5-2-6-10-18/h1-13,15,29H,14H2. The van der Waals surface area contributed by atoms with Crippen LogP contribution in [0.2, 0.25) is 0 Å². The summed E-state index contributed by atoms with van der Waals surface area (Å²) >= 11 is 0. The summed E-state index contributed by atoms with van der Waals surface area (Å²) in [6.07, 6.45) is 2.55. The molecule has 0 amide bonds. The maximum absolute atomic E-state index is 15.6. The Bertz CT molecular complexity index is 1060. The molecule has 0 aliphatic heterocycles. The van der Waals surface area contributed by atoms with E-state index in [1.54, 1.807) is 24.3 Å². The highest BCUT2D eigenvalue weighted by Gasteiger charge is 2.56. The molecule has 146 valence electrons. The van der Waals surface area contributed by atoms with Crippen molar-refractivity contribution in [2.24, 2.45) is 0 Å². The van der Waals surface area contributed by atoms with Crippen LogP contribution in [0.4, 0.5) is 8.78 Å². The van der Waals surface area contributed by atoms with Gasteiger partial charge in [-0.1, -0.05) is 66.7 Å². The molecule has 2 aromatic heterocycles. The first kappa shape index (κ1) is 18.8. The Morgan fingerprint density at radius 3 is 2.14 bits per heavy atom. The molecule has 1 atom stereocenters. The van der Waals surface area contributed by atoms with E-state index >= 15 is 8.78 Å². The average Bonchev–Trinajstić information content (AvgIpc) is 3.28. The second-order valence-corrected chi connectivity index (χ2v) is 6.61. The van der Waals surface area contributed by atoms with Crippen LogP contribution in [0.5, 0.6) is 0 Å². The maximum atomic E-state index is 15.6. The fraction of sp³-hybridized carbons (Fsp3) is 0.143. The number of rotatable bonds is 6. The first-order valence-electron chi connectivity index (χ1n) is 8.89. The Labute approximate surface area is 165 Å². The van der Waals surface area contributed by atoms with Crippen molar-refractivity contribution in [3.63, 3.8) is 0 Å². The first-order chi connectivity index (χ1) is 14.0. The lowest BCUT2D eigenvalue weighted by Crippen LogP contribution is -2.47. The van der Waals surface area contributed by atoms with Crippen LogP contribution in [-0.2, 0) is 18.1 Å². The Balaban J connectivity index is 1.75. The zero-order valence-electron chi connectivity index (χ0n) is 15.2. The molecule has 0 radical (unpaired) electrons. The van der Waals surface area contributed by atoms with Gasteiger partial charge in [0.25, 0.3) is 0 Å². The SMILES string of the molecule is OC(Cn1cnnn1)(c1ccccc1)C(F)(F)c1ccc(-c2ccccc2)cn1. The van der Waals surface area contributed by atoms with Crippen molar-refractivity contribution in [2.45, 2.75) is 18.1 Å². The molecule has 2 heterocycles. The summed E-state index contributed by atoms with van der Waals surface area (Å²) in [4.78, 5) is 3.98. The number of hydrogen-bond donors (Lipinski definition) is 1. The molecule has 4 aromatic rings. The molecule has 29 heavy (non-hydrogen) atoms. The van der Waals surface area contributed by atoms with Gasteiger partial charge in [-0.3, -0.25) is 4.98 Å². The molecule has 1 N–H and O–H groups in total. The monoisotopic (exact) mass is 393 g/mol. The van der Waals surface area contributed by atoms with Gasteiger partial charge < -0.3 is 5.11 Å². The van der Waals surface area contributed by atoms with E-state index in [1.165, 1.54) is 30.7 Å². The summed E-state index contributed by atoms with van der Waals surface area (Å²) in [6.45, 7) is -0.543. The highest BCUT2D eigenvalue weighted by Crippen LogP contribution is 2.45. The average molecular weight is 393 g/mol. The maximum Gasteiger partial charge on any atom is 0.323 e. The molecule has 4 rings (SSSR count). The van der Waals surface area contributed by atoms with Gasteiger partial charge in [-0.15, -0.1) is 5.10 Å². The van der Waals surface area contributed by atoms with Crippen LogP contribution >= 0.6 is 0 Å². The molecule has 8 heteroatoms. The second-order valence-electron chi connectivity index (χ2n) is 6.61. The third-order valence-electron chi connectivity index (χ3n) is 4.75. The Kier molecular flexibility index (Phi) is 4.85. The number of benzene rings is 2. The minimum absolute atomic E-state index is 0.0365. The lowest BCUT2D eigenvalue weighted by Gasteiger charge is -2.35. The van der Waals surface area contributed by atoms with Crippen LogP contribution in [0.25, 0.3) is 11.1 Å². The molecule has 0 saturated heterocycles. The minimum Gasteiger partial charge on any atom is -0.377 e. The first-order valence-corrected chi connectivity index (χ1v) is 8.89. The molecule has 6 nitrogen and oxygen atoms in total. The summed E-state index contributed by atoms with van der Waals surface area (Å²) in [6, 6.07) is 19.9. The van der Waals surface area contributed by atoms with Crippen LogP contribution in [0, 0.1) is 0 Å². The van der Waals surface area contributed by atoms with Gasteiger partial charge in [-0.25, -0.2) is 4.68 Å². The predicted octanol–water partition coefficient (Wildman–Crippen LogP) is 3.41. The van der Waals surface area contributed by atoms with Crippen molar-refractivity contribution < 1.29 is 13.9 Å². The molecule has 1 unspecified atom stereocenters. The van der Waals surface area contributed by atoms with Crippen LogP contribution in [-0.4, -0.2) is 30.3 Å². The number of aromatic nitrogens is 5. The summed E-state index contributed by atoms with van der Waals surface area (Å²) in [5, 5.41) is 21.8. The van der Waals surface area contributed by atoms with Crippen molar-refractivity contribution in [1.82, 2.24) is 25.2 Å². The summed E-state index contributed by atoms with van der Waals surface area (Å²) < 4.78 is 32.3. The van der Waals surface area contributed by atoms with E-state index in [2.05, 4.69) is 20.5 Å². The largest absolute Gasteiger partial charge is 0.377 e. The predicted molar refractivity (Wildman–Crippen MR) is 102 cm³/mol. The van der Waals surface area contributed by atoms with Crippen LogP contribution < -0.4 is 0 Å². The van der Waals surface area contributed by atoms with Crippen molar-refractivity contribution in [3.8, 4) is 11.1 Å². The quantitative estimate of drug-likeness (QED) is 0.543. The van der Waals surface area contributed by atoms with E-state index in [0.717, 1.165) is 10.2 Å². The van der Waals surface area contributed by atoms with E-state index in [1.807, 2.05) is 30.3 Å². The fourth-order valence-electron chi connectivity index (χ4n) is 3.17. The molecule has 0 fully saturated rings. The number of tetrazole rings is 1. The van der Waals surface area contributed by atoms with Crippen molar-refractivity contribution in [2.75, 3.05) is 0 Å². The van der Waals surface area contributed by atoms with Gasteiger partial charge in [0, 0.05) is 11.8 Å². The summed E-state index contributed by atoms with van der Waals surface area (Å²) in [7, 11) is 0. The van der Waals surface area contributed by atoms with Crippen LogP contribution in [0.1, 0.15) is 11.3 Å². The van der Waals surface area contributed by atoms with Gasteiger partial charge in [0.1, 0.15) is 12.0 Å². The minimum atomic E-state index is -3.71. The van der Waals surface area contributed by atoms with Crippen molar-refractivity contribution in [1.29, 1.82) is 0 Å². The number of halogens is 2. The number of pyridine rings is 1. The normalized spacial score (nSPS) is 13.8. The van der Waals surface area contributed by atoms with Gasteiger partial charge in [0.05, 0.1) is 6.54 Å². The number of hydrogen-bond acceptors (Lipinski definition) is 5. The lowest BCUT2D eigenvalue weighted by molar-refractivity contribution is -0.206. The Morgan fingerprint density at radius 1 is 0.862 bits per heavy atom. The highest BCUT2D eigenvalue weighted by atomic mass is 19.3. The van der Waals surface area contributed by atoms with Crippen molar-refractivity contribution in [3.05, 3.63) is 96.6 Å². The third-order valence-corrected chi connectivity index (χ3v) is 4.75. The Hall–Kier alpha value is -3.52. The zero-order chi connectivity index (χ0) is 20.3. The molecule has 0 spiro atoms. The van der Waals surface area contributed by atoms with E-state index < -0.39 is 23.8 Å². The highest BCUT2D eigenvalue weighted by molar-refractivity contribution is 5.62. The molecule has 0 bridgehead atoms. The van der Waals surface area contributed by atoms with Crippen molar-refractivity contribution >= 4 is 0 Å². The van der Waals surface area contributed by atoms with Gasteiger partial charge in [-0.05, 0) is 27.6 Å². The third kappa shape index (κ3) is 3.50. The topological polar surface area (TPSA) is 76.7 Å². The van der Waals surface area contributed by atoms with Gasteiger partial charge in [0.2, 0.25) is 0 Å². The number of alkyl halides is 2. The van der Waals surface area contributed by atoms with E-state index in [9.17, 15) is 5.11 Å². The molecule has 0 aliphatic carbocycles. The van der Waals surface area contributed by atoms with E-state index in [4.69, 9.17) is 0 Å². The van der Waals surface area contributed by atoms with Gasteiger partial charge in [-0.2, -0.15) is 8.78 Å². The molecule has 0 saturated carbocycles. The zero-order valence-corrected chi connectivity index (χ0v) is 15.2. The summed E-state index contributed by atoms with van der Waals surface area (Å²) in [5.74, 6) is -3.71. The number of aliphatic hydroxyl groups is 1. The fourth-order valence-corrected chi connectivity index (χ4v) is 3.17. The summed E-state index contributed by atoms with van der Waals surface area (Å²) in [5.41, 5.74) is -1.55. The lowest BCUT2D eigenvalue weighted by atomic mass is 9.85. The number of nitrogens with zero attached hydrogens (tertiary/aromatic N) is 5. The van der Waals surface area contributed by atoms with Crippen LogP contribution in [0.15, 0.2) is 85.3 Å². The molecular weight excluding hydrogens is 376 g/mol. The smallest absolute Gasteiger partial charge is 0.323 e. The van der Waals surface area contributed by atoms with Gasteiger partial charge >= 0.3 is 5.92 Å². The van der Waals surface area contributed by atoms with E-state index in [-0.39, 0.29) is 5.56 Å². The molecule has 0 aliphatic rings. The van der Waals surface area contributed by atoms with Crippen LogP contribution in [0.3, 0.4) is 0 Å². The molecule has 2 aromatic carbocycles. The van der Waals surface area contributed by atoms with E-state index in [0.29, 0.717) is 5.56 Å². The Morgan fingerprint density at radius 2 is 1.55 bits per heavy atom.